The maximum Gasteiger partial charge on any atom is 0.387 e. The molecule has 2 aromatic carbocycles. The molecule has 3 aromatic rings. The fourth-order valence-electron chi connectivity index (χ4n) is 3.38. The number of halogens is 2. The lowest BCUT2D eigenvalue weighted by atomic mass is 10.1. The van der Waals surface area contributed by atoms with Crippen LogP contribution in [0.5, 0.6) is 5.75 Å². The van der Waals surface area contributed by atoms with Crippen molar-refractivity contribution in [2.45, 2.75) is 13.2 Å². The fraction of sp³-hybridized carbons (Fsp3) is 0.261. The quantitative estimate of drug-likeness (QED) is 0.570. The summed E-state index contributed by atoms with van der Waals surface area (Å²) in [4.78, 5) is 15.7. The second kappa shape index (κ2) is 9.89. The van der Waals surface area contributed by atoms with E-state index in [-0.39, 0.29) is 11.7 Å². The van der Waals surface area contributed by atoms with Gasteiger partial charge in [-0.25, -0.2) is 0 Å². The van der Waals surface area contributed by atoms with Gasteiger partial charge in [-0.1, -0.05) is 42.5 Å². The van der Waals surface area contributed by atoms with E-state index in [4.69, 9.17) is 4.74 Å². The molecule has 31 heavy (non-hydrogen) atoms. The van der Waals surface area contributed by atoms with Crippen LogP contribution >= 0.6 is 11.3 Å². The predicted molar refractivity (Wildman–Crippen MR) is 117 cm³/mol. The number of carbonyl (C=O) groups is 1. The lowest BCUT2D eigenvalue weighted by molar-refractivity contribution is -0.0498. The molecule has 8 heteroatoms. The number of hydrogen-bond acceptors (Lipinski definition) is 5. The van der Waals surface area contributed by atoms with Gasteiger partial charge >= 0.3 is 6.61 Å². The summed E-state index contributed by atoms with van der Waals surface area (Å²) in [6.45, 7) is 0.337. The van der Waals surface area contributed by atoms with E-state index >= 15 is 0 Å². The van der Waals surface area contributed by atoms with Gasteiger partial charge in [-0.2, -0.15) is 8.78 Å². The topological polar surface area (TPSA) is 50.8 Å². The van der Waals surface area contributed by atoms with Gasteiger partial charge in [0.25, 0.3) is 5.91 Å². The molecule has 1 aromatic heterocycles. The van der Waals surface area contributed by atoms with Crippen molar-refractivity contribution in [2.75, 3.05) is 31.2 Å². The minimum Gasteiger partial charge on any atom is -0.435 e. The Morgan fingerprint density at radius 3 is 2.48 bits per heavy atom. The smallest absolute Gasteiger partial charge is 0.387 e. The maximum absolute atomic E-state index is 12.8. The Balaban J connectivity index is 1.49. The summed E-state index contributed by atoms with van der Waals surface area (Å²) < 4.78 is 34.4. The molecular weight excluding hydrogens is 422 g/mol. The molecule has 1 aliphatic heterocycles. The highest BCUT2D eigenvalue weighted by Crippen LogP contribution is 2.39. The zero-order valence-corrected chi connectivity index (χ0v) is 17.5. The highest BCUT2D eigenvalue weighted by molar-refractivity contribution is 7.18. The molecule has 4 rings (SSSR count). The largest absolute Gasteiger partial charge is 0.435 e. The van der Waals surface area contributed by atoms with Gasteiger partial charge in [0.2, 0.25) is 0 Å². The summed E-state index contributed by atoms with van der Waals surface area (Å²) in [6.07, 6.45) is 0. The Labute approximate surface area is 183 Å². The van der Waals surface area contributed by atoms with Crippen molar-refractivity contribution in [2.24, 2.45) is 0 Å². The number of ether oxygens (including phenoxy) is 2. The Morgan fingerprint density at radius 1 is 1.10 bits per heavy atom. The molecule has 0 spiro atoms. The number of nitrogens with one attached hydrogen (secondary N) is 1. The zero-order valence-electron chi connectivity index (χ0n) is 16.7. The van der Waals surface area contributed by atoms with Crippen molar-refractivity contribution in [3.8, 4) is 16.9 Å². The molecule has 2 heterocycles. The Kier molecular flexibility index (Phi) is 6.79. The first-order valence-corrected chi connectivity index (χ1v) is 10.8. The molecule has 1 amide bonds. The highest BCUT2D eigenvalue weighted by Gasteiger charge is 2.21. The van der Waals surface area contributed by atoms with Crippen LogP contribution in [0, 0.1) is 0 Å². The van der Waals surface area contributed by atoms with Crippen molar-refractivity contribution in [3.05, 3.63) is 71.1 Å². The Bertz CT molecular complexity index is 1000. The van der Waals surface area contributed by atoms with Gasteiger partial charge in [0.15, 0.2) is 0 Å². The molecule has 0 aliphatic carbocycles. The number of nitrogens with zero attached hydrogens (tertiary/aromatic N) is 1. The molecule has 1 fully saturated rings. The number of hydrogen-bond donors (Lipinski definition) is 1. The molecule has 162 valence electrons. The minimum atomic E-state index is -2.86. The van der Waals surface area contributed by atoms with Crippen LogP contribution in [0.2, 0.25) is 0 Å². The first kappa shape index (κ1) is 21.3. The zero-order chi connectivity index (χ0) is 21.6. The second-order valence-electron chi connectivity index (χ2n) is 7.00. The minimum absolute atomic E-state index is 0.0889. The first-order valence-electron chi connectivity index (χ1n) is 9.94. The standard InChI is InChI=1S/C23H22F2N2O3S/c24-23(25)30-18-8-6-16(7-9-18)15-26-21(28)20-14-19(17-4-2-1-3-5-17)22(31-20)27-10-12-29-13-11-27/h1-9,14,23H,10-13,15H2,(H,26,28). The molecule has 0 saturated carbocycles. The number of benzene rings is 2. The van der Waals surface area contributed by atoms with Gasteiger partial charge in [-0.15, -0.1) is 11.3 Å². The van der Waals surface area contributed by atoms with E-state index in [1.54, 1.807) is 12.1 Å². The van der Waals surface area contributed by atoms with Gasteiger partial charge in [0, 0.05) is 25.2 Å². The third kappa shape index (κ3) is 5.39. The SMILES string of the molecule is O=C(NCc1ccc(OC(F)F)cc1)c1cc(-c2ccccc2)c(N2CCOCC2)s1. The monoisotopic (exact) mass is 444 g/mol. The molecule has 0 unspecified atom stereocenters. The van der Waals surface area contributed by atoms with E-state index in [9.17, 15) is 13.6 Å². The van der Waals surface area contributed by atoms with E-state index in [0.717, 1.165) is 34.8 Å². The lowest BCUT2D eigenvalue weighted by Gasteiger charge is -2.28. The van der Waals surface area contributed by atoms with Crippen LogP contribution in [-0.4, -0.2) is 38.8 Å². The van der Waals surface area contributed by atoms with Crippen molar-refractivity contribution in [1.82, 2.24) is 5.32 Å². The Morgan fingerprint density at radius 2 is 1.81 bits per heavy atom. The van der Waals surface area contributed by atoms with E-state index < -0.39 is 6.61 Å². The average Bonchev–Trinajstić information content (AvgIpc) is 3.25. The summed E-state index contributed by atoms with van der Waals surface area (Å²) in [6, 6.07) is 18.2. The normalized spacial score (nSPS) is 14.0. The van der Waals surface area contributed by atoms with Crippen LogP contribution in [-0.2, 0) is 11.3 Å². The van der Waals surface area contributed by atoms with Gasteiger partial charge in [-0.05, 0) is 29.3 Å². The molecule has 1 aliphatic rings. The lowest BCUT2D eigenvalue weighted by Crippen LogP contribution is -2.35. The van der Waals surface area contributed by atoms with Crippen molar-refractivity contribution < 1.29 is 23.0 Å². The first-order chi connectivity index (χ1) is 15.1. The summed E-state index contributed by atoms with van der Waals surface area (Å²) >= 11 is 1.47. The number of thiophene rings is 1. The van der Waals surface area contributed by atoms with E-state index in [2.05, 4.69) is 15.0 Å². The van der Waals surface area contributed by atoms with Crippen molar-refractivity contribution >= 4 is 22.2 Å². The van der Waals surface area contributed by atoms with E-state index in [1.165, 1.54) is 23.5 Å². The van der Waals surface area contributed by atoms with Crippen LogP contribution < -0.4 is 15.0 Å². The maximum atomic E-state index is 12.8. The number of anilines is 1. The molecule has 0 atom stereocenters. The molecular formula is C23H22F2N2O3S. The van der Waals surface area contributed by atoms with Crippen molar-refractivity contribution in [1.29, 1.82) is 0 Å². The van der Waals surface area contributed by atoms with E-state index in [0.29, 0.717) is 24.6 Å². The van der Waals surface area contributed by atoms with Crippen LogP contribution in [0.15, 0.2) is 60.7 Å². The average molecular weight is 445 g/mol. The van der Waals surface area contributed by atoms with Gasteiger partial charge in [0.05, 0.1) is 23.1 Å². The van der Waals surface area contributed by atoms with Gasteiger partial charge in [0.1, 0.15) is 5.75 Å². The number of alkyl halides is 2. The second-order valence-corrected chi connectivity index (χ2v) is 8.03. The molecule has 0 bridgehead atoms. The van der Waals surface area contributed by atoms with Crippen molar-refractivity contribution in [3.63, 3.8) is 0 Å². The fourth-order valence-corrected chi connectivity index (χ4v) is 4.53. The van der Waals surface area contributed by atoms with Gasteiger partial charge in [-0.3, -0.25) is 4.79 Å². The summed E-state index contributed by atoms with van der Waals surface area (Å²) in [5.74, 6) is -0.0828. The van der Waals surface area contributed by atoms with Crippen LogP contribution in [0.25, 0.3) is 11.1 Å². The van der Waals surface area contributed by atoms with Crippen LogP contribution in [0.1, 0.15) is 15.2 Å². The third-order valence-corrected chi connectivity index (χ3v) is 6.12. The predicted octanol–water partition coefficient (Wildman–Crippen LogP) is 4.78. The summed E-state index contributed by atoms with van der Waals surface area (Å²) in [5, 5.41) is 3.97. The highest BCUT2D eigenvalue weighted by atomic mass is 32.1. The molecule has 1 N–H and O–H groups in total. The van der Waals surface area contributed by atoms with Gasteiger partial charge < -0.3 is 19.7 Å². The molecule has 1 saturated heterocycles. The summed E-state index contributed by atoms with van der Waals surface area (Å²) in [7, 11) is 0. The Hall–Kier alpha value is -2.97. The van der Waals surface area contributed by atoms with E-state index in [1.807, 2.05) is 36.4 Å². The number of amides is 1. The number of morpholine rings is 1. The third-order valence-electron chi connectivity index (χ3n) is 4.92. The molecule has 5 nitrogen and oxygen atoms in total. The number of rotatable bonds is 7. The van der Waals surface area contributed by atoms with Crippen LogP contribution in [0.3, 0.4) is 0 Å². The summed E-state index contributed by atoms with van der Waals surface area (Å²) in [5.41, 5.74) is 2.89. The number of carbonyl (C=O) groups excluding carboxylic acids is 1. The van der Waals surface area contributed by atoms with Crippen LogP contribution in [0.4, 0.5) is 13.8 Å². The molecule has 0 radical (unpaired) electrons.